The first kappa shape index (κ1) is 14.4. The summed E-state index contributed by atoms with van der Waals surface area (Å²) in [5, 5.41) is 3.92. The van der Waals surface area contributed by atoms with E-state index < -0.39 is 5.82 Å². The molecular formula is C13H15FN6O2. The Hall–Kier alpha value is -2.58. The Balaban J connectivity index is 1.56. The van der Waals surface area contributed by atoms with E-state index in [0.717, 1.165) is 25.2 Å². The first-order valence-electron chi connectivity index (χ1n) is 6.95. The number of carbonyl (C=O) groups is 1. The molecule has 1 fully saturated rings. The third-order valence-electron chi connectivity index (χ3n) is 3.36. The van der Waals surface area contributed by atoms with E-state index in [1.807, 2.05) is 0 Å². The van der Waals surface area contributed by atoms with Crippen molar-refractivity contribution in [2.24, 2.45) is 0 Å². The molecule has 0 saturated carbocycles. The number of hydrogen-bond donors (Lipinski definition) is 0. The number of amides is 1. The maximum Gasteiger partial charge on any atom is 0.316 e. The zero-order valence-electron chi connectivity index (χ0n) is 11.8. The van der Waals surface area contributed by atoms with Crippen LogP contribution >= 0.6 is 0 Å². The van der Waals surface area contributed by atoms with Gasteiger partial charge in [0, 0.05) is 6.54 Å². The second-order valence-corrected chi connectivity index (χ2v) is 5.00. The fourth-order valence-corrected chi connectivity index (χ4v) is 2.32. The lowest BCUT2D eigenvalue weighted by Crippen LogP contribution is -2.45. The van der Waals surface area contributed by atoms with Crippen molar-refractivity contribution in [1.82, 2.24) is 29.6 Å². The maximum atomic E-state index is 12.8. The Morgan fingerprint density at radius 1 is 1.41 bits per heavy atom. The molecule has 0 spiro atoms. The molecule has 1 amide bonds. The van der Waals surface area contributed by atoms with E-state index in [-0.39, 0.29) is 24.6 Å². The number of hydrogen-bond acceptors (Lipinski definition) is 6. The van der Waals surface area contributed by atoms with Crippen molar-refractivity contribution in [2.45, 2.75) is 25.5 Å². The molecule has 0 radical (unpaired) electrons. The topological polar surface area (TPSA) is 86.0 Å². The van der Waals surface area contributed by atoms with E-state index in [2.05, 4.69) is 20.1 Å². The van der Waals surface area contributed by atoms with Gasteiger partial charge in [-0.2, -0.15) is 5.10 Å². The van der Waals surface area contributed by atoms with Gasteiger partial charge >= 0.3 is 6.01 Å². The lowest BCUT2D eigenvalue weighted by molar-refractivity contribution is -0.134. The first-order valence-corrected chi connectivity index (χ1v) is 6.95. The van der Waals surface area contributed by atoms with Crippen molar-refractivity contribution >= 4 is 5.91 Å². The third-order valence-corrected chi connectivity index (χ3v) is 3.36. The number of aromatic nitrogens is 5. The molecule has 116 valence electrons. The van der Waals surface area contributed by atoms with E-state index in [1.165, 1.54) is 17.3 Å². The summed E-state index contributed by atoms with van der Waals surface area (Å²) < 4.78 is 19.9. The van der Waals surface area contributed by atoms with Gasteiger partial charge < -0.3 is 9.64 Å². The van der Waals surface area contributed by atoms with Crippen molar-refractivity contribution in [1.29, 1.82) is 0 Å². The molecule has 0 aliphatic carbocycles. The minimum atomic E-state index is -0.513. The van der Waals surface area contributed by atoms with Crippen LogP contribution in [-0.2, 0) is 11.3 Å². The Bertz CT molecular complexity index is 618. The van der Waals surface area contributed by atoms with E-state index >= 15 is 0 Å². The monoisotopic (exact) mass is 306 g/mol. The van der Waals surface area contributed by atoms with Crippen LogP contribution in [0.4, 0.5) is 4.39 Å². The van der Waals surface area contributed by atoms with Gasteiger partial charge in [0.2, 0.25) is 5.91 Å². The molecule has 0 aromatic carbocycles. The molecule has 9 heteroatoms. The minimum absolute atomic E-state index is 0.0428. The van der Waals surface area contributed by atoms with Crippen LogP contribution in [0, 0.1) is 5.82 Å². The summed E-state index contributed by atoms with van der Waals surface area (Å²) in [6, 6.07) is 0.122. The van der Waals surface area contributed by atoms with Crippen LogP contribution < -0.4 is 4.74 Å². The lowest BCUT2D eigenvalue weighted by atomic mass is 10.1. The summed E-state index contributed by atoms with van der Waals surface area (Å²) in [6.45, 7) is 1.28. The smallest absolute Gasteiger partial charge is 0.316 e. The van der Waals surface area contributed by atoms with Crippen LogP contribution in [0.2, 0.25) is 0 Å². The first-order chi connectivity index (χ1) is 10.7. The normalized spacial score (nSPS) is 18.2. The van der Waals surface area contributed by atoms with E-state index in [1.54, 1.807) is 4.90 Å². The fourth-order valence-electron chi connectivity index (χ4n) is 2.32. The van der Waals surface area contributed by atoms with Crippen LogP contribution in [0.5, 0.6) is 6.01 Å². The number of likely N-dealkylation sites (tertiary alicyclic amines) is 1. The molecule has 1 saturated heterocycles. The number of carbonyl (C=O) groups excluding carboxylic acids is 1. The number of rotatable bonds is 4. The summed E-state index contributed by atoms with van der Waals surface area (Å²) in [7, 11) is 0. The Morgan fingerprint density at radius 3 is 2.95 bits per heavy atom. The van der Waals surface area contributed by atoms with Crippen LogP contribution in [0.25, 0.3) is 0 Å². The second-order valence-electron chi connectivity index (χ2n) is 5.00. The molecule has 3 heterocycles. The molecular weight excluding hydrogens is 291 g/mol. The van der Waals surface area contributed by atoms with Crippen molar-refractivity contribution in [3.05, 3.63) is 30.9 Å². The van der Waals surface area contributed by atoms with Gasteiger partial charge in [0.1, 0.15) is 25.3 Å². The highest BCUT2D eigenvalue weighted by Crippen LogP contribution is 2.15. The van der Waals surface area contributed by atoms with Crippen molar-refractivity contribution in [3.8, 4) is 6.01 Å². The molecule has 0 bridgehead atoms. The average molecular weight is 306 g/mol. The molecule has 22 heavy (non-hydrogen) atoms. The second kappa shape index (κ2) is 6.46. The van der Waals surface area contributed by atoms with Gasteiger partial charge in [-0.3, -0.25) is 4.79 Å². The van der Waals surface area contributed by atoms with E-state index in [0.29, 0.717) is 13.1 Å². The van der Waals surface area contributed by atoms with Gasteiger partial charge in [0.05, 0.1) is 18.9 Å². The standard InChI is InChI=1S/C13H15FN6O2/c14-10-4-16-13(17-5-10)22-11-2-1-3-19(6-11)12(21)7-20-9-15-8-18-20/h4-5,8-9,11H,1-3,6-7H2. The predicted octanol–water partition coefficient (Wildman–Crippen LogP) is 0.277. The summed E-state index contributed by atoms with van der Waals surface area (Å²) in [4.78, 5) is 25.3. The molecule has 1 atom stereocenters. The van der Waals surface area contributed by atoms with Crippen molar-refractivity contribution in [2.75, 3.05) is 13.1 Å². The Morgan fingerprint density at radius 2 is 2.23 bits per heavy atom. The molecule has 1 aliphatic rings. The molecule has 0 N–H and O–H groups in total. The van der Waals surface area contributed by atoms with Gasteiger partial charge in [-0.1, -0.05) is 0 Å². The van der Waals surface area contributed by atoms with Crippen LogP contribution in [0.15, 0.2) is 25.0 Å². The summed E-state index contributed by atoms with van der Waals surface area (Å²) in [5.74, 6) is -0.556. The summed E-state index contributed by atoms with van der Waals surface area (Å²) in [6.07, 6.45) is 6.43. The lowest BCUT2D eigenvalue weighted by Gasteiger charge is -2.32. The predicted molar refractivity (Wildman–Crippen MR) is 72.2 cm³/mol. The molecule has 1 aliphatic heterocycles. The van der Waals surface area contributed by atoms with Gasteiger partial charge in [0.25, 0.3) is 0 Å². The highest BCUT2D eigenvalue weighted by atomic mass is 19.1. The summed E-state index contributed by atoms with van der Waals surface area (Å²) >= 11 is 0. The summed E-state index contributed by atoms with van der Waals surface area (Å²) in [5.41, 5.74) is 0. The quantitative estimate of drug-likeness (QED) is 0.806. The van der Waals surface area contributed by atoms with Crippen molar-refractivity contribution in [3.63, 3.8) is 0 Å². The SMILES string of the molecule is O=C(Cn1cncn1)N1CCCC(Oc2ncc(F)cn2)C1. The molecule has 1 unspecified atom stereocenters. The van der Waals surface area contributed by atoms with Gasteiger partial charge in [-0.05, 0) is 12.8 Å². The zero-order valence-corrected chi connectivity index (χ0v) is 11.8. The largest absolute Gasteiger partial charge is 0.458 e. The fraction of sp³-hybridized carbons (Fsp3) is 0.462. The highest BCUT2D eigenvalue weighted by Gasteiger charge is 2.25. The minimum Gasteiger partial charge on any atom is -0.458 e. The molecule has 8 nitrogen and oxygen atoms in total. The van der Waals surface area contributed by atoms with Crippen molar-refractivity contribution < 1.29 is 13.9 Å². The van der Waals surface area contributed by atoms with Crippen LogP contribution in [0.3, 0.4) is 0 Å². The molecule has 2 aromatic rings. The number of nitrogens with zero attached hydrogens (tertiary/aromatic N) is 6. The van der Waals surface area contributed by atoms with Gasteiger partial charge in [-0.15, -0.1) is 0 Å². The van der Waals surface area contributed by atoms with Gasteiger partial charge in [-0.25, -0.2) is 24.0 Å². The van der Waals surface area contributed by atoms with E-state index in [4.69, 9.17) is 4.74 Å². The number of ether oxygens (including phenoxy) is 1. The molecule has 3 rings (SSSR count). The van der Waals surface area contributed by atoms with Crippen LogP contribution in [-0.4, -0.2) is 54.7 Å². The third kappa shape index (κ3) is 3.54. The average Bonchev–Trinajstić information content (AvgIpc) is 3.03. The highest BCUT2D eigenvalue weighted by molar-refractivity contribution is 5.76. The molecule has 2 aromatic heterocycles. The number of halogens is 1. The zero-order chi connectivity index (χ0) is 15.4. The maximum absolute atomic E-state index is 12.8. The van der Waals surface area contributed by atoms with E-state index in [9.17, 15) is 9.18 Å². The number of piperidine rings is 1. The van der Waals surface area contributed by atoms with Crippen LogP contribution in [0.1, 0.15) is 12.8 Å². The van der Waals surface area contributed by atoms with Gasteiger partial charge in [0.15, 0.2) is 5.82 Å². The Labute approximate surface area is 126 Å². The Kier molecular flexibility index (Phi) is 4.22.